The summed E-state index contributed by atoms with van der Waals surface area (Å²) in [6, 6.07) is 5.59. The zero-order valence-corrected chi connectivity index (χ0v) is 10.8. The van der Waals surface area contributed by atoms with Crippen LogP contribution in [0.5, 0.6) is 0 Å². The van der Waals surface area contributed by atoms with Crippen molar-refractivity contribution < 1.29 is 4.79 Å². The number of hydrogen-bond donors (Lipinski definition) is 3. The number of nitrogens with two attached hydrogens (primary N) is 2. The molecule has 0 radical (unpaired) electrons. The summed E-state index contributed by atoms with van der Waals surface area (Å²) in [5.41, 5.74) is 13.1. The van der Waals surface area contributed by atoms with Gasteiger partial charge in [-0.3, -0.25) is 4.79 Å². The number of amides is 1. The van der Waals surface area contributed by atoms with E-state index in [2.05, 4.69) is 12.2 Å². The number of primary amides is 1. The van der Waals surface area contributed by atoms with Crippen LogP contribution in [0, 0.1) is 5.92 Å². The number of hydrogen-bond acceptors (Lipinski definition) is 3. The van der Waals surface area contributed by atoms with Gasteiger partial charge >= 0.3 is 0 Å². The predicted molar refractivity (Wildman–Crippen MR) is 74.4 cm³/mol. The second-order valence-electron chi connectivity index (χ2n) is 5.18. The minimum atomic E-state index is -0.416. The van der Waals surface area contributed by atoms with Gasteiger partial charge in [0.1, 0.15) is 0 Å². The fourth-order valence-electron chi connectivity index (χ4n) is 2.63. The first-order valence-corrected chi connectivity index (χ1v) is 6.54. The smallest absolute Gasteiger partial charge is 0.250 e. The molecule has 5 N–H and O–H groups in total. The highest BCUT2D eigenvalue weighted by molar-refractivity contribution is 5.99. The van der Waals surface area contributed by atoms with Crippen LogP contribution in [0.25, 0.3) is 0 Å². The van der Waals surface area contributed by atoms with E-state index in [4.69, 9.17) is 11.5 Å². The molecule has 4 nitrogen and oxygen atoms in total. The molecule has 1 aliphatic rings. The average Bonchev–Trinajstić information content (AvgIpc) is 2.32. The lowest BCUT2D eigenvalue weighted by molar-refractivity contribution is 0.100. The van der Waals surface area contributed by atoms with E-state index in [-0.39, 0.29) is 0 Å². The van der Waals surface area contributed by atoms with Crippen molar-refractivity contribution in [2.24, 2.45) is 11.7 Å². The molecule has 1 aromatic rings. The SMILES string of the molecule is CC1CCCCC1Nc1cc(N)ccc1C(N)=O. The topological polar surface area (TPSA) is 81.1 Å². The van der Waals surface area contributed by atoms with Gasteiger partial charge in [0, 0.05) is 17.4 Å². The van der Waals surface area contributed by atoms with Gasteiger partial charge in [-0.1, -0.05) is 19.8 Å². The van der Waals surface area contributed by atoms with Gasteiger partial charge in [-0.2, -0.15) is 0 Å². The van der Waals surface area contributed by atoms with Crippen molar-refractivity contribution in [1.29, 1.82) is 0 Å². The molecule has 1 fully saturated rings. The molecular formula is C14H21N3O. The van der Waals surface area contributed by atoms with Gasteiger partial charge in [-0.25, -0.2) is 0 Å². The van der Waals surface area contributed by atoms with Crippen LogP contribution in [0.1, 0.15) is 43.0 Å². The Morgan fingerprint density at radius 1 is 1.33 bits per heavy atom. The number of carbonyl (C=O) groups is 1. The molecule has 2 unspecified atom stereocenters. The van der Waals surface area contributed by atoms with Crippen LogP contribution in [0.15, 0.2) is 18.2 Å². The van der Waals surface area contributed by atoms with Gasteiger partial charge in [0.05, 0.1) is 5.56 Å². The number of nitrogen functional groups attached to an aromatic ring is 1. The van der Waals surface area contributed by atoms with Crippen LogP contribution < -0.4 is 16.8 Å². The molecule has 1 aliphatic carbocycles. The monoisotopic (exact) mass is 247 g/mol. The molecule has 2 atom stereocenters. The van der Waals surface area contributed by atoms with Crippen molar-refractivity contribution in [3.05, 3.63) is 23.8 Å². The molecule has 18 heavy (non-hydrogen) atoms. The van der Waals surface area contributed by atoms with E-state index in [1.807, 2.05) is 0 Å². The number of rotatable bonds is 3. The lowest BCUT2D eigenvalue weighted by Crippen LogP contribution is -2.31. The third-order valence-corrected chi connectivity index (χ3v) is 3.76. The highest BCUT2D eigenvalue weighted by Crippen LogP contribution is 2.28. The molecule has 0 saturated heterocycles. The van der Waals surface area contributed by atoms with Crippen LogP contribution in [0.2, 0.25) is 0 Å². The largest absolute Gasteiger partial charge is 0.399 e. The third kappa shape index (κ3) is 2.75. The van der Waals surface area contributed by atoms with Gasteiger partial charge in [-0.15, -0.1) is 0 Å². The minimum Gasteiger partial charge on any atom is -0.399 e. The van der Waals surface area contributed by atoms with E-state index in [9.17, 15) is 4.79 Å². The van der Waals surface area contributed by atoms with Gasteiger partial charge in [0.25, 0.3) is 5.91 Å². The molecule has 4 heteroatoms. The molecule has 1 aromatic carbocycles. The molecule has 98 valence electrons. The highest BCUT2D eigenvalue weighted by Gasteiger charge is 2.22. The van der Waals surface area contributed by atoms with Crippen LogP contribution >= 0.6 is 0 Å². The van der Waals surface area contributed by atoms with Crippen molar-refractivity contribution in [3.8, 4) is 0 Å². The molecule has 0 aromatic heterocycles. The highest BCUT2D eigenvalue weighted by atomic mass is 16.1. The normalized spacial score (nSPS) is 23.6. The Labute approximate surface area is 108 Å². The predicted octanol–water partition coefficient (Wildman–Crippen LogP) is 2.36. The van der Waals surface area contributed by atoms with Gasteiger partial charge in [-0.05, 0) is 37.0 Å². The molecule has 1 saturated carbocycles. The standard InChI is InChI=1S/C14H21N3O/c1-9-4-2-3-5-12(9)17-13-8-10(15)6-7-11(13)14(16)18/h6-9,12,17H,2-5,15H2,1H3,(H2,16,18). The second-order valence-corrected chi connectivity index (χ2v) is 5.18. The lowest BCUT2D eigenvalue weighted by atomic mass is 9.85. The van der Waals surface area contributed by atoms with Gasteiger partial charge in [0.2, 0.25) is 0 Å². The number of benzene rings is 1. The lowest BCUT2D eigenvalue weighted by Gasteiger charge is -2.31. The summed E-state index contributed by atoms with van der Waals surface area (Å²) in [5.74, 6) is 0.196. The Morgan fingerprint density at radius 2 is 2.06 bits per heavy atom. The zero-order chi connectivity index (χ0) is 13.1. The van der Waals surface area contributed by atoms with E-state index in [1.54, 1.807) is 18.2 Å². The Morgan fingerprint density at radius 3 is 2.72 bits per heavy atom. The minimum absolute atomic E-state index is 0.402. The first-order chi connectivity index (χ1) is 8.58. The summed E-state index contributed by atoms with van der Waals surface area (Å²) in [6.45, 7) is 2.24. The second kappa shape index (κ2) is 5.29. The van der Waals surface area contributed by atoms with Crippen LogP contribution in [0.3, 0.4) is 0 Å². The van der Waals surface area contributed by atoms with Gasteiger partial charge in [0.15, 0.2) is 0 Å². The van der Waals surface area contributed by atoms with Crippen molar-refractivity contribution >= 4 is 17.3 Å². The van der Waals surface area contributed by atoms with Crippen molar-refractivity contribution in [3.63, 3.8) is 0 Å². The summed E-state index contributed by atoms with van der Waals surface area (Å²) in [7, 11) is 0. The summed E-state index contributed by atoms with van der Waals surface area (Å²) in [6.07, 6.45) is 4.88. The average molecular weight is 247 g/mol. The van der Waals surface area contributed by atoms with Crippen LogP contribution in [0.4, 0.5) is 11.4 Å². The summed E-state index contributed by atoms with van der Waals surface area (Å²) >= 11 is 0. The first kappa shape index (κ1) is 12.7. The number of anilines is 2. The molecule has 2 rings (SSSR count). The van der Waals surface area contributed by atoms with E-state index >= 15 is 0 Å². The Kier molecular flexibility index (Phi) is 3.75. The summed E-state index contributed by atoms with van der Waals surface area (Å²) in [5, 5.41) is 3.44. The number of nitrogens with one attached hydrogen (secondary N) is 1. The Hall–Kier alpha value is -1.71. The van der Waals surface area contributed by atoms with Crippen molar-refractivity contribution in [2.45, 2.75) is 38.6 Å². The molecule has 0 bridgehead atoms. The van der Waals surface area contributed by atoms with Crippen molar-refractivity contribution in [1.82, 2.24) is 0 Å². The van der Waals surface area contributed by atoms with Gasteiger partial charge < -0.3 is 16.8 Å². The van der Waals surface area contributed by atoms with Crippen LogP contribution in [-0.2, 0) is 0 Å². The molecule has 0 spiro atoms. The summed E-state index contributed by atoms with van der Waals surface area (Å²) < 4.78 is 0. The quantitative estimate of drug-likeness (QED) is 0.717. The maximum Gasteiger partial charge on any atom is 0.250 e. The van der Waals surface area contributed by atoms with Crippen molar-refractivity contribution in [2.75, 3.05) is 11.1 Å². The van der Waals surface area contributed by atoms with E-state index in [0.29, 0.717) is 23.2 Å². The molecule has 1 amide bonds. The molecule has 0 aliphatic heterocycles. The fraction of sp³-hybridized carbons (Fsp3) is 0.500. The maximum absolute atomic E-state index is 11.4. The molecular weight excluding hydrogens is 226 g/mol. The maximum atomic E-state index is 11.4. The molecule has 0 heterocycles. The first-order valence-electron chi connectivity index (χ1n) is 6.54. The van der Waals surface area contributed by atoms with Crippen LogP contribution in [-0.4, -0.2) is 11.9 Å². The number of carbonyl (C=O) groups excluding carboxylic acids is 1. The summed E-state index contributed by atoms with van der Waals surface area (Å²) in [4.78, 5) is 11.4. The fourth-order valence-corrected chi connectivity index (χ4v) is 2.63. The third-order valence-electron chi connectivity index (χ3n) is 3.76. The Balaban J connectivity index is 2.21. The Bertz CT molecular complexity index is 445. The zero-order valence-electron chi connectivity index (χ0n) is 10.8. The van der Waals surface area contributed by atoms with E-state index in [1.165, 1.54) is 19.3 Å². The van der Waals surface area contributed by atoms with E-state index < -0.39 is 5.91 Å². The van der Waals surface area contributed by atoms with E-state index in [0.717, 1.165) is 12.1 Å².